The molecule has 0 spiro atoms. The molecule has 0 aromatic carbocycles. The van der Waals surface area contributed by atoms with Crippen molar-refractivity contribution in [1.82, 2.24) is 10.2 Å². The topological polar surface area (TPSA) is 49.4 Å². The van der Waals surface area contributed by atoms with Crippen LogP contribution in [0.3, 0.4) is 0 Å². The van der Waals surface area contributed by atoms with Crippen LogP contribution >= 0.6 is 11.8 Å². The monoisotopic (exact) mass is 326 g/mol. The minimum absolute atomic E-state index is 0.118. The fourth-order valence-electron chi connectivity index (χ4n) is 3.52. The predicted octanol–water partition coefficient (Wildman–Crippen LogP) is 2.67. The molecule has 1 N–H and O–H groups in total. The Labute approximate surface area is 138 Å². The second-order valence-electron chi connectivity index (χ2n) is 7.38. The Balaban J connectivity index is 1.82. The molecular weight excluding hydrogens is 296 g/mol. The molecule has 4 nitrogen and oxygen atoms in total. The number of hydrogen-bond donors (Lipinski definition) is 1. The molecule has 0 radical (unpaired) electrons. The van der Waals surface area contributed by atoms with Gasteiger partial charge in [0.25, 0.3) is 0 Å². The first kappa shape index (κ1) is 17.6. The van der Waals surface area contributed by atoms with Crippen molar-refractivity contribution in [1.29, 1.82) is 0 Å². The van der Waals surface area contributed by atoms with Gasteiger partial charge in [0.15, 0.2) is 0 Å². The molecule has 2 fully saturated rings. The minimum atomic E-state index is -0.339. The van der Waals surface area contributed by atoms with E-state index < -0.39 is 0 Å². The zero-order valence-corrected chi connectivity index (χ0v) is 15.0. The highest BCUT2D eigenvalue weighted by molar-refractivity contribution is 7.98. The Hall–Kier alpha value is -0.710. The second-order valence-corrected chi connectivity index (χ2v) is 8.25. The summed E-state index contributed by atoms with van der Waals surface area (Å²) in [6.45, 7) is 5.83. The summed E-state index contributed by atoms with van der Waals surface area (Å²) in [5.74, 6) is 1.38. The summed E-state index contributed by atoms with van der Waals surface area (Å²) in [6.07, 6.45) is 8.23. The van der Waals surface area contributed by atoms with E-state index in [0.29, 0.717) is 5.91 Å². The number of carbonyl (C=O) groups excluding carboxylic acids is 2. The van der Waals surface area contributed by atoms with Crippen LogP contribution < -0.4 is 5.32 Å². The van der Waals surface area contributed by atoms with E-state index in [4.69, 9.17) is 0 Å². The summed E-state index contributed by atoms with van der Waals surface area (Å²) in [5, 5.41) is 3.17. The van der Waals surface area contributed by atoms with Crippen molar-refractivity contribution in [3.8, 4) is 0 Å². The molecule has 2 amide bonds. The molecule has 1 aliphatic heterocycles. The number of amides is 2. The van der Waals surface area contributed by atoms with Crippen LogP contribution in [0.1, 0.15) is 52.4 Å². The summed E-state index contributed by atoms with van der Waals surface area (Å²) < 4.78 is 0. The summed E-state index contributed by atoms with van der Waals surface area (Å²) in [6, 6.07) is 0.173. The lowest BCUT2D eigenvalue weighted by atomic mass is 9.94. The van der Waals surface area contributed by atoms with E-state index in [2.05, 4.69) is 5.32 Å². The summed E-state index contributed by atoms with van der Waals surface area (Å²) in [4.78, 5) is 26.9. The first-order valence-corrected chi connectivity index (χ1v) is 9.92. The zero-order valence-electron chi connectivity index (χ0n) is 14.2. The van der Waals surface area contributed by atoms with Crippen LogP contribution in [0.25, 0.3) is 0 Å². The number of nitrogens with one attached hydrogen (secondary N) is 1. The first-order valence-electron chi connectivity index (χ1n) is 8.53. The molecule has 1 saturated heterocycles. The minimum Gasteiger partial charge on any atom is -0.353 e. The highest BCUT2D eigenvalue weighted by atomic mass is 32.2. The fourth-order valence-corrected chi connectivity index (χ4v) is 4.37. The van der Waals surface area contributed by atoms with Gasteiger partial charge in [-0.3, -0.25) is 9.59 Å². The maximum absolute atomic E-state index is 12.5. The lowest BCUT2D eigenvalue weighted by molar-refractivity contribution is -0.136. The average Bonchev–Trinajstić information content (AvgIpc) is 2.96. The van der Waals surface area contributed by atoms with Crippen molar-refractivity contribution in [3.05, 3.63) is 0 Å². The van der Waals surface area contributed by atoms with Gasteiger partial charge in [0.2, 0.25) is 11.8 Å². The first-order chi connectivity index (χ1) is 10.4. The van der Waals surface area contributed by atoms with Crippen molar-refractivity contribution in [3.63, 3.8) is 0 Å². The van der Waals surface area contributed by atoms with Crippen LogP contribution in [0.5, 0.6) is 0 Å². The van der Waals surface area contributed by atoms with Gasteiger partial charge in [0.05, 0.1) is 5.41 Å². The molecule has 0 unspecified atom stereocenters. The highest BCUT2D eigenvalue weighted by Crippen LogP contribution is 2.30. The fraction of sp³-hybridized carbons (Fsp3) is 0.882. The van der Waals surface area contributed by atoms with Gasteiger partial charge >= 0.3 is 0 Å². The third-order valence-corrected chi connectivity index (χ3v) is 5.92. The molecular formula is C17H30N2O2S. The van der Waals surface area contributed by atoms with Crippen molar-refractivity contribution in [2.75, 3.05) is 25.1 Å². The largest absolute Gasteiger partial charge is 0.353 e. The Bertz CT molecular complexity index is 405. The van der Waals surface area contributed by atoms with Crippen molar-refractivity contribution >= 4 is 23.6 Å². The smallest absolute Gasteiger partial charge is 0.226 e. The van der Waals surface area contributed by atoms with Crippen LogP contribution in [0, 0.1) is 11.3 Å². The number of nitrogens with zero attached hydrogens (tertiary/aromatic N) is 1. The molecule has 126 valence electrons. The summed E-state index contributed by atoms with van der Waals surface area (Å²) in [7, 11) is 0. The Morgan fingerprint density at radius 2 is 1.86 bits per heavy atom. The van der Waals surface area contributed by atoms with Gasteiger partial charge in [-0.2, -0.15) is 11.8 Å². The SMILES string of the molecule is CSCC(C)(C)C(=O)N[C@H]1CC[C@@H](C(=O)N2CCCCC2)C1. The number of piperidine rings is 1. The molecule has 1 heterocycles. The molecule has 22 heavy (non-hydrogen) atoms. The summed E-state index contributed by atoms with van der Waals surface area (Å²) in [5.41, 5.74) is -0.339. The number of rotatable bonds is 5. The number of thioether (sulfide) groups is 1. The zero-order chi connectivity index (χ0) is 16.2. The van der Waals surface area contributed by atoms with Gasteiger partial charge in [0, 0.05) is 30.8 Å². The van der Waals surface area contributed by atoms with Crippen LogP contribution in [0.15, 0.2) is 0 Å². The third kappa shape index (κ3) is 4.40. The molecule has 0 aromatic heterocycles. The number of likely N-dealkylation sites (tertiary alicyclic amines) is 1. The van der Waals surface area contributed by atoms with Crippen molar-refractivity contribution in [2.24, 2.45) is 11.3 Å². The average molecular weight is 327 g/mol. The molecule has 2 rings (SSSR count). The molecule has 2 aliphatic rings. The van der Waals surface area contributed by atoms with Crippen molar-refractivity contribution in [2.45, 2.75) is 58.4 Å². The molecule has 1 aliphatic carbocycles. The van der Waals surface area contributed by atoms with E-state index in [1.807, 2.05) is 25.0 Å². The maximum atomic E-state index is 12.5. The number of carbonyl (C=O) groups is 2. The lowest BCUT2D eigenvalue weighted by Gasteiger charge is -2.29. The predicted molar refractivity (Wildman–Crippen MR) is 91.9 cm³/mol. The van der Waals surface area contributed by atoms with E-state index >= 15 is 0 Å². The van der Waals surface area contributed by atoms with Crippen molar-refractivity contribution < 1.29 is 9.59 Å². The maximum Gasteiger partial charge on any atom is 0.226 e. The highest BCUT2D eigenvalue weighted by Gasteiger charge is 2.36. The summed E-state index contributed by atoms with van der Waals surface area (Å²) >= 11 is 1.70. The van der Waals surface area contributed by atoms with Gasteiger partial charge in [-0.1, -0.05) is 13.8 Å². The van der Waals surface area contributed by atoms with Crippen LogP contribution in [0.4, 0.5) is 0 Å². The van der Waals surface area contributed by atoms with E-state index in [-0.39, 0.29) is 23.3 Å². The van der Waals surface area contributed by atoms with E-state index in [1.165, 1.54) is 6.42 Å². The molecule has 2 atom stereocenters. The normalized spacial score (nSPS) is 26.0. The quantitative estimate of drug-likeness (QED) is 0.845. The number of hydrogen-bond acceptors (Lipinski definition) is 3. The van der Waals surface area contributed by atoms with Crippen LogP contribution in [-0.4, -0.2) is 47.9 Å². The van der Waals surface area contributed by atoms with Gasteiger partial charge in [-0.15, -0.1) is 0 Å². The Kier molecular flexibility index (Phi) is 6.18. The van der Waals surface area contributed by atoms with E-state index in [0.717, 1.165) is 50.9 Å². The standard InChI is InChI=1S/C17H30N2O2S/c1-17(2,12-22-3)16(21)18-14-8-7-13(11-14)15(20)19-9-5-4-6-10-19/h13-14H,4-12H2,1-3H3,(H,18,21)/t13-,14+/m1/s1. The van der Waals surface area contributed by atoms with E-state index in [1.54, 1.807) is 11.8 Å². The van der Waals surface area contributed by atoms with Gasteiger partial charge in [0.1, 0.15) is 0 Å². The van der Waals surface area contributed by atoms with Gasteiger partial charge in [-0.25, -0.2) is 0 Å². The second kappa shape index (κ2) is 7.71. The van der Waals surface area contributed by atoms with Crippen LogP contribution in [-0.2, 0) is 9.59 Å². The van der Waals surface area contributed by atoms with Gasteiger partial charge < -0.3 is 10.2 Å². The molecule has 0 bridgehead atoms. The van der Waals surface area contributed by atoms with E-state index in [9.17, 15) is 9.59 Å². The Morgan fingerprint density at radius 1 is 1.18 bits per heavy atom. The molecule has 5 heteroatoms. The Morgan fingerprint density at radius 3 is 2.50 bits per heavy atom. The van der Waals surface area contributed by atoms with Crippen LogP contribution in [0.2, 0.25) is 0 Å². The van der Waals surface area contributed by atoms with Gasteiger partial charge in [-0.05, 0) is 44.8 Å². The molecule has 1 saturated carbocycles. The lowest BCUT2D eigenvalue weighted by Crippen LogP contribution is -2.44. The molecule has 0 aromatic rings. The third-order valence-electron chi connectivity index (χ3n) is 4.90.